The van der Waals surface area contributed by atoms with Crippen molar-refractivity contribution in [3.8, 4) is 0 Å². The van der Waals surface area contributed by atoms with Crippen molar-refractivity contribution in [2.24, 2.45) is 0 Å². The molecule has 0 radical (unpaired) electrons. The predicted molar refractivity (Wildman–Crippen MR) is 135 cm³/mol. The highest BCUT2D eigenvalue weighted by atomic mass is 32.2. The first-order valence-electron chi connectivity index (χ1n) is 12.2. The van der Waals surface area contributed by atoms with Gasteiger partial charge in [0.15, 0.2) is 0 Å². The number of nitrogens with one attached hydrogen (secondary N) is 3. The molecule has 0 spiro atoms. The first-order valence-corrected chi connectivity index (χ1v) is 13.6. The van der Waals surface area contributed by atoms with Gasteiger partial charge in [0.1, 0.15) is 22.7 Å². The SMILES string of the molecule is O=C(CNc1ccccc1S(=O)(=O)N1CCCCC1)N1CCC[C@@H](Nc2ncnc3[nH]ccc23)C1. The molecular formula is C24H31N7O3S. The first-order chi connectivity index (χ1) is 17.0. The van der Waals surface area contributed by atoms with Crippen molar-refractivity contribution in [1.82, 2.24) is 24.2 Å². The standard InChI is InChI=1S/C24H31N7O3S/c32-22(15-26-20-8-2-3-9-21(20)35(33,34)31-13-4-1-5-14-31)30-12-6-7-18(16-30)29-24-19-10-11-25-23(19)27-17-28-24/h2-3,8-11,17-18,26H,1,4-7,12-16H2,(H2,25,27,28,29)/t18-/m1/s1. The average Bonchev–Trinajstić information content (AvgIpc) is 3.38. The number of aromatic amines is 1. The highest BCUT2D eigenvalue weighted by Gasteiger charge is 2.29. The van der Waals surface area contributed by atoms with Crippen LogP contribution in [0.15, 0.2) is 47.8 Å². The number of hydrogen-bond acceptors (Lipinski definition) is 7. The largest absolute Gasteiger partial charge is 0.375 e. The molecule has 2 aliphatic heterocycles. The van der Waals surface area contributed by atoms with E-state index >= 15 is 0 Å². The van der Waals surface area contributed by atoms with Gasteiger partial charge < -0.3 is 20.5 Å². The number of anilines is 2. The summed E-state index contributed by atoms with van der Waals surface area (Å²) in [6.45, 7) is 2.35. The summed E-state index contributed by atoms with van der Waals surface area (Å²) in [4.78, 5) is 26.8. The van der Waals surface area contributed by atoms with E-state index < -0.39 is 10.0 Å². The Bertz CT molecular complexity index is 1290. The number of para-hydroxylation sites is 1. The molecule has 1 atom stereocenters. The predicted octanol–water partition coefficient (Wildman–Crippen LogP) is 2.65. The van der Waals surface area contributed by atoms with E-state index in [4.69, 9.17) is 0 Å². The summed E-state index contributed by atoms with van der Waals surface area (Å²) in [5, 5.41) is 7.48. The van der Waals surface area contributed by atoms with Crippen LogP contribution in [0.2, 0.25) is 0 Å². The van der Waals surface area contributed by atoms with Gasteiger partial charge >= 0.3 is 0 Å². The number of amides is 1. The van der Waals surface area contributed by atoms with Crippen LogP contribution in [-0.2, 0) is 14.8 Å². The number of carbonyl (C=O) groups is 1. The number of fused-ring (bicyclic) bond motifs is 1. The molecule has 0 aliphatic carbocycles. The summed E-state index contributed by atoms with van der Waals surface area (Å²) in [5.74, 6) is 0.696. The molecule has 186 valence electrons. The third-order valence-corrected chi connectivity index (χ3v) is 8.68. The van der Waals surface area contributed by atoms with E-state index in [1.807, 2.05) is 17.2 Å². The van der Waals surface area contributed by atoms with Gasteiger partial charge in [-0.3, -0.25) is 4.79 Å². The third kappa shape index (κ3) is 5.10. The normalized spacial score (nSPS) is 19.5. The van der Waals surface area contributed by atoms with Gasteiger partial charge in [0, 0.05) is 38.4 Å². The summed E-state index contributed by atoms with van der Waals surface area (Å²) in [6, 6.07) is 8.85. The Hall–Kier alpha value is -3.18. The Labute approximate surface area is 205 Å². The van der Waals surface area contributed by atoms with Crippen molar-refractivity contribution in [2.75, 3.05) is 43.4 Å². The quantitative estimate of drug-likeness (QED) is 0.458. The van der Waals surface area contributed by atoms with Gasteiger partial charge in [-0.2, -0.15) is 4.31 Å². The minimum Gasteiger partial charge on any atom is -0.375 e. The molecule has 2 aliphatic rings. The van der Waals surface area contributed by atoms with E-state index in [2.05, 4.69) is 25.6 Å². The lowest BCUT2D eigenvalue weighted by atomic mass is 10.1. The number of H-pyrrole nitrogens is 1. The summed E-state index contributed by atoms with van der Waals surface area (Å²) in [5.41, 5.74) is 1.24. The molecule has 3 N–H and O–H groups in total. The van der Waals surface area contributed by atoms with E-state index in [0.29, 0.717) is 31.9 Å². The van der Waals surface area contributed by atoms with Crippen LogP contribution in [0.5, 0.6) is 0 Å². The number of sulfonamides is 1. The van der Waals surface area contributed by atoms with E-state index in [1.54, 1.807) is 28.6 Å². The van der Waals surface area contributed by atoms with Crippen LogP contribution in [0.25, 0.3) is 11.0 Å². The summed E-state index contributed by atoms with van der Waals surface area (Å²) in [6.07, 6.45) is 7.97. The lowest BCUT2D eigenvalue weighted by Gasteiger charge is -2.33. The Kier molecular flexibility index (Phi) is 6.87. The van der Waals surface area contributed by atoms with Crippen molar-refractivity contribution in [3.05, 3.63) is 42.9 Å². The van der Waals surface area contributed by atoms with Crippen molar-refractivity contribution in [1.29, 1.82) is 0 Å². The Morgan fingerprint density at radius 1 is 1.06 bits per heavy atom. The van der Waals surface area contributed by atoms with Crippen LogP contribution < -0.4 is 10.6 Å². The number of carbonyl (C=O) groups excluding carboxylic acids is 1. The smallest absolute Gasteiger partial charge is 0.245 e. The van der Waals surface area contributed by atoms with Gasteiger partial charge in [-0.05, 0) is 43.9 Å². The van der Waals surface area contributed by atoms with Gasteiger partial charge in [-0.1, -0.05) is 18.6 Å². The zero-order valence-electron chi connectivity index (χ0n) is 19.6. The molecule has 4 heterocycles. The monoisotopic (exact) mass is 497 g/mol. The fourth-order valence-electron chi connectivity index (χ4n) is 4.87. The van der Waals surface area contributed by atoms with E-state index in [9.17, 15) is 13.2 Å². The topological polar surface area (TPSA) is 123 Å². The lowest BCUT2D eigenvalue weighted by Crippen LogP contribution is -2.47. The van der Waals surface area contributed by atoms with E-state index in [-0.39, 0.29) is 23.4 Å². The molecule has 11 heteroatoms. The van der Waals surface area contributed by atoms with Crippen molar-refractivity contribution >= 4 is 38.5 Å². The maximum absolute atomic E-state index is 13.2. The Morgan fingerprint density at radius 3 is 2.74 bits per heavy atom. The molecule has 2 fully saturated rings. The van der Waals surface area contributed by atoms with Gasteiger partial charge in [-0.25, -0.2) is 18.4 Å². The first kappa shape index (κ1) is 23.6. The molecule has 2 saturated heterocycles. The van der Waals surface area contributed by atoms with Crippen LogP contribution in [0.3, 0.4) is 0 Å². The number of nitrogens with zero attached hydrogens (tertiary/aromatic N) is 4. The molecule has 0 unspecified atom stereocenters. The van der Waals surface area contributed by atoms with E-state index in [0.717, 1.165) is 49.0 Å². The van der Waals surface area contributed by atoms with Gasteiger partial charge in [0.2, 0.25) is 15.9 Å². The number of aromatic nitrogens is 3. The highest BCUT2D eigenvalue weighted by molar-refractivity contribution is 7.89. The zero-order valence-corrected chi connectivity index (χ0v) is 20.4. The average molecular weight is 498 g/mol. The van der Waals surface area contributed by atoms with Gasteiger partial charge in [-0.15, -0.1) is 0 Å². The summed E-state index contributed by atoms with van der Waals surface area (Å²) >= 11 is 0. The second-order valence-electron chi connectivity index (χ2n) is 9.10. The molecule has 5 rings (SSSR count). The Balaban J connectivity index is 1.22. The van der Waals surface area contributed by atoms with Crippen molar-refractivity contribution in [3.63, 3.8) is 0 Å². The minimum atomic E-state index is -3.60. The minimum absolute atomic E-state index is 0.0365. The van der Waals surface area contributed by atoms with Crippen LogP contribution in [-0.4, -0.2) is 77.2 Å². The maximum Gasteiger partial charge on any atom is 0.245 e. The van der Waals surface area contributed by atoms with Crippen molar-refractivity contribution in [2.45, 2.75) is 43.0 Å². The zero-order chi connectivity index (χ0) is 24.3. The van der Waals surface area contributed by atoms with Crippen LogP contribution in [0.4, 0.5) is 11.5 Å². The number of likely N-dealkylation sites (tertiary alicyclic amines) is 1. The second-order valence-corrected chi connectivity index (χ2v) is 11.0. The summed E-state index contributed by atoms with van der Waals surface area (Å²) < 4.78 is 28.0. The fourth-order valence-corrected chi connectivity index (χ4v) is 6.55. The molecule has 0 bridgehead atoms. The van der Waals surface area contributed by atoms with Crippen LogP contribution in [0.1, 0.15) is 32.1 Å². The number of rotatable bonds is 7. The van der Waals surface area contributed by atoms with Crippen LogP contribution in [0, 0.1) is 0 Å². The van der Waals surface area contributed by atoms with Crippen LogP contribution >= 0.6 is 0 Å². The van der Waals surface area contributed by atoms with Gasteiger partial charge in [0.05, 0.1) is 17.6 Å². The van der Waals surface area contributed by atoms with Crippen molar-refractivity contribution < 1.29 is 13.2 Å². The second kappa shape index (κ2) is 10.2. The molecular weight excluding hydrogens is 466 g/mol. The molecule has 3 aromatic rings. The molecule has 0 saturated carbocycles. The highest BCUT2D eigenvalue weighted by Crippen LogP contribution is 2.27. The molecule has 35 heavy (non-hydrogen) atoms. The van der Waals surface area contributed by atoms with E-state index in [1.165, 1.54) is 6.33 Å². The number of hydrogen-bond donors (Lipinski definition) is 3. The maximum atomic E-state index is 13.2. The van der Waals surface area contributed by atoms with Gasteiger partial charge in [0.25, 0.3) is 0 Å². The number of piperidine rings is 2. The number of benzene rings is 1. The molecule has 1 amide bonds. The summed E-state index contributed by atoms with van der Waals surface area (Å²) in [7, 11) is -3.60. The fraction of sp³-hybridized carbons (Fsp3) is 0.458. The molecule has 10 nitrogen and oxygen atoms in total. The Morgan fingerprint density at radius 2 is 1.89 bits per heavy atom. The molecule has 1 aromatic carbocycles. The molecule has 2 aromatic heterocycles. The lowest BCUT2D eigenvalue weighted by molar-refractivity contribution is -0.130. The third-order valence-electron chi connectivity index (χ3n) is 6.72.